The second kappa shape index (κ2) is 24.9. The van der Waals surface area contributed by atoms with E-state index in [0.29, 0.717) is 6.10 Å². The van der Waals surface area contributed by atoms with Crippen LogP contribution >= 0.6 is 0 Å². The van der Waals surface area contributed by atoms with Gasteiger partial charge in [0.2, 0.25) is 0 Å². The van der Waals surface area contributed by atoms with Crippen molar-refractivity contribution < 1.29 is 21.6 Å². The van der Waals surface area contributed by atoms with Gasteiger partial charge in [0.05, 0.1) is 26.2 Å². The highest BCUT2D eigenvalue weighted by Crippen LogP contribution is 2.22. The van der Waals surface area contributed by atoms with E-state index in [1.165, 1.54) is 172 Å². The summed E-state index contributed by atoms with van der Waals surface area (Å²) >= 11 is 0. The van der Waals surface area contributed by atoms with Gasteiger partial charge in [-0.15, -0.1) is 0 Å². The fraction of sp³-hybridized carbons (Fsp3) is 1.00. The third-order valence-electron chi connectivity index (χ3n) is 8.14. The van der Waals surface area contributed by atoms with Gasteiger partial charge >= 0.3 is 0 Å². The summed E-state index contributed by atoms with van der Waals surface area (Å²) in [5.74, 6) is 0. The fourth-order valence-corrected chi connectivity index (χ4v) is 5.57. The molecule has 0 N–H and O–H groups in total. The Hall–Kier alpha value is 0.210. The first-order chi connectivity index (χ1) is 16.3. The SMILES string of the molecule is CCCCCCCCCCCCCC[N+](CC)(CCCCCCCCCCCC)CC1CO1.[Cl-]. The van der Waals surface area contributed by atoms with E-state index >= 15 is 0 Å². The number of likely N-dealkylation sites (N-methyl/N-ethyl adjacent to an activating group) is 1. The molecule has 3 heteroatoms. The summed E-state index contributed by atoms with van der Waals surface area (Å²) in [7, 11) is 0. The van der Waals surface area contributed by atoms with Crippen LogP contribution in [-0.4, -0.2) is 43.4 Å². The van der Waals surface area contributed by atoms with Crippen LogP contribution in [0.2, 0.25) is 0 Å². The first-order valence-corrected chi connectivity index (χ1v) is 15.7. The molecule has 0 amide bonds. The molecule has 1 saturated heterocycles. The lowest BCUT2D eigenvalue weighted by molar-refractivity contribution is -0.927. The van der Waals surface area contributed by atoms with Gasteiger partial charge in [0, 0.05) is 0 Å². The van der Waals surface area contributed by atoms with Crippen LogP contribution in [0, 0.1) is 0 Å². The third-order valence-corrected chi connectivity index (χ3v) is 8.14. The van der Waals surface area contributed by atoms with Crippen LogP contribution in [0.25, 0.3) is 0 Å². The molecule has 206 valence electrons. The first kappa shape index (κ1) is 34.2. The van der Waals surface area contributed by atoms with Crippen LogP contribution in [-0.2, 0) is 4.74 Å². The number of unbranched alkanes of at least 4 members (excludes halogenated alkanes) is 20. The van der Waals surface area contributed by atoms with Crippen LogP contribution in [0.3, 0.4) is 0 Å². The average Bonchev–Trinajstić information content (AvgIpc) is 3.64. The molecule has 1 aliphatic heterocycles. The van der Waals surface area contributed by atoms with Crippen molar-refractivity contribution in [1.82, 2.24) is 0 Å². The van der Waals surface area contributed by atoms with Crippen LogP contribution < -0.4 is 12.4 Å². The standard InChI is InChI=1S/C31H64NO.ClH/c1-4-7-9-11-13-15-17-18-20-22-24-26-28-32(6-3,29-31-30-33-31)27-25-23-21-19-16-14-12-10-8-5-2;/h31H,4-30H2,1-3H3;1H/q+1;/p-1. The number of halogens is 1. The average molecular weight is 502 g/mol. The quantitative estimate of drug-likeness (QED) is 0.0681. The molecule has 0 saturated carbocycles. The molecule has 2 atom stereocenters. The maximum Gasteiger partial charge on any atom is 0.130 e. The van der Waals surface area contributed by atoms with E-state index in [9.17, 15) is 0 Å². The number of ether oxygens (including phenoxy) is 1. The van der Waals surface area contributed by atoms with Gasteiger partial charge in [0.1, 0.15) is 12.6 Å². The predicted molar refractivity (Wildman–Crippen MR) is 148 cm³/mol. The van der Waals surface area contributed by atoms with Crippen LogP contribution in [0.15, 0.2) is 0 Å². The highest BCUT2D eigenvalue weighted by atomic mass is 35.5. The molecular weight excluding hydrogens is 438 g/mol. The molecular formula is C31H64ClNO. The molecule has 2 unspecified atom stereocenters. The van der Waals surface area contributed by atoms with Crippen molar-refractivity contribution in [3.05, 3.63) is 0 Å². The van der Waals surface area contributed by atoms with Crippen molar-refractivity contribution >= 4 is 0 Å². The highest BCUT2D eigenvalue weighted by Gasteiger charge is 2.35. The monoisotopic (exact) mass is 501 g/mol. The molecule has 0 aromatic heterocycles. The smallest absolute Gasteiger partial charge is 0.130 e. The minimum absolute atomic E-state index is 0. The molecule has 0 aliphatic carbocycles. The van der Waals surface area contributed by atoms with Crippen LogP contribution in [0.5, 0.6) is 0 Å². The van der Waals surface area contributed by atoms with Crippen molar-refractivity contribution in [3.63, 3.8) is 0 Å². The third kappa shape index (κ3) is 20.4. The van der Waals surface area contributed by atoms with Crippen molar-refractivity contribution in [3.8, 4) is 0 Å². The number of hydrogen-bond acceptors (Lipinski definition) is 1. The van der Waals surface area contributed by atoms with E-state index < -0.39 is 0 Å². The Morgan fingerprint density at radius 2 is 0.794 bits per heavy atom. The van der Waals surface area contributed by atoms with Gasteiger partial charge in [0.15, 0.2) is 0 Å². The predicted octanol–water partition coefficient (Wildman–Crippen LogP) is 6.85. The second-order valence-corrected chi connectivity index (χ2v) is 11.3. The van der Waals surface area contributed by atoms with Crippen LogP contribution in [0.1, 0.15) is 162 Å². The Kier molecular flexibility index (Phi) is 25.0. The molecule has 0 aromatic carbocycles. The Morgan fingerprint density at radius 1 is 0.500 bits per heavy atom. The molecule has 0 bridgehead atoms. The maximum absolute atomic E-state index is 5.66. The lowest BCUT2D eigenvalue weighted by Crippen LogP contribution is -3.00. The van der Waals surface area contributed by atoms with Crippen molar-refractivity contribution in [2.45, 2.75) is 168 Å². The zero-order valence-corrected chi connectivity index (χ0v) is 24.7. The first-order valence-electron chi connectivity index (χ1n) is 15.7. The Morgan fingerprint density at radius 3 is 1.06 bits per heavy atom. The highest BCUT2D eigenvalue weighted by molar-refractivity contribution is 4.69. The van der Waals surface area contributed by atoms with E-state index in [0.717, 1.165) is 6.61 Å². The number of hydrogen-bond donors (Lipinski definition) is 0. The summed E-state index contributed by atoms with van der Waals surface area (Å²) in [6, 6.07) is 0. The summed E-state index contributed by atoms with van der Waals surface area (Å²) in [6.07, 6.45) is 32.4. The van der Waals surface area contributed by atoms with Gasteiger partial charge in [-0.1, -0.05) is 129 Å². The summed E-state index contributed by atoms with van der Waals surface area (Å²) in [5, 5.41) is 0. The van der Waals surface area contributed by atoms with Gasteiger partial charge in [-0.3, -0.25) is 0 Å². The molecule has 2 nitrogen and oxygen atoms in total. The summed E-state index contributed by atoms with van der Waals surface area (Å²) in [4.78, 5) is 0. The largest absolute Gasteiger partial charge is 1.00 e. The Labute approximate surface area is 222 Å². The molecule has 1 rings (SSSR count). The van der Waals surface area contributed by atoms with Gasteiger partial charge in [-0.05, 0) is 32.6 Å². The number of epoxide rings is 1. The van der Waals surface area contributed by atoms with Crippen molar-refractivity contribution in [1.29, 1.82) is 0 Å². The molecule has 0 spiro atoms. The van der Waals surface area contributed by atoms with Gasteiger partial charge in [-0.2, -0.15) is 0 Å². The minimum Gasteiger partial charge on any atom is -1.00 e. The van der Waals surface area contributed by atoms with Gasteiger partial charge in [-0.25, -0.2) is 0 Å². The van der Waals surface area contributed by atoms with E-state index in [-0.39, 0.29) is 12.4 Å². The van der Waals surface area contributed by atoms with Gasteiger partial charge < -0.3 is 21.6 Å². The number of rotatable bonds is 27. The van der Waals surface area contributed by atoms with Gasteiger partial charge in [0.25, 0.3) is 0 Å². The topological polar surface area (TPSA) is 12.5 Å². The lowest BCUT2D eigenvalue weighted by atomic mass is 10.0. The molecule has 34 heavy (non-hydrogen) atoms. The van der Waals surface area contributed by atoms with Crippen molar-refractivity contribution in [2.75, 3.05) is 32.8 Å². The molecule has 0 aromatic rings. The normalized spacial score (nSPS) is 16.9. The molecule has 1 aliphatic rings. The Balaban J connectivity index is 0.0000109. The zero-order chi connectivity index (χ0) is 23.9. The minimum atomic E-state index is 0. The number of quaternary nitrogens is 1. The number of nitrogens with zero attached hydrogens (tertiary/aromatic N) is 1. The van der Waals surface area contributed by atoms with E-state index in [4.69, 9.17) is 4.74 Å². The summed E-state index contributed by atoms with van der Waals surface area (Å²) in [5.41, 5.74) is 0. The summed E-state index contributed by atoms with van der Waals surface area (Å²) < 4.78 is 7.00. The van der Waals surface area contributed by atoms with E-state index in [2.05, 4.69) is 20.8 Å². The molecule has 1 fully saturated rings. The summed E-state index contributed by atoms with van der Waals surface area (Å²) in [6.45, 7) is 13.4. The fourth-order valence-electron chi connectivity index (χ4n) is 5.57. The second-order valence-electron chi connectivity index (χ2n) is 11.3. The zero-order valence-electron chi connectivity index (χ0n) is 23.9. The molecule has 1 heterocycles. The maximum atomic E-state index is 5.66. The lowest BCUT2D eigenvalue weighted by Gasteiger charge is -2.38. The van der Waals surface area contributed by atoms with E-state index in [1.54, 1.807) is 0 Å². The molecule has 0 radical (unpaired) electrons. The van der Waals surface area contributed by atoms with Crippen molar-refractivity contribution in [2.24, 2.45) is 0 Å². The van der Waals surface area contributed by atoms with E-state index in [1.807, 2.05) is 0 Å². The van der Waals surface area contributed by atoms with Crippen LogP contribution in [0.4, 0.5) is 0 Å². The Bertz CT molecular complexity index is 401.